The zero-order chi connectivity index (χ0) is 23.5. The Morgan fingerprint density at radius 2 is 1.69 bits per heavy atom. The molecule has 0 aromatic heterocycles. The first kappa shape index (κ1) is 24.1. The molecule has 0 unspecified atom stereocenters. The number of benzene rings is 2. The standard InChI is InChI=1S/C25H28F3NO3/c1-17-8-9-20(15-18(17)2)23(31)24(32)10-13-29(14-11-24)12-4-7-22(30)19-5-3-6-21(16-19)25(26,27)28/h3,5-6,8-9,15-16,32H,4,7,10-14H2,1-2H3. The Morgan fingerprint density at radius 3 is 2.31 bits per heavy atom. The highest BCUT2D eigenvalue weighted by Gasteiger charge is 2.39. The highest BCUT2D eigenvalue weighted by atomic mass is 19.4. The van der Waals surface area contributed by atoms with Gasteiger partial charge in [-0.05, 0) is 69.0 Å². The number of likely N-dealkylation sites (tertiary alicyclic amines) is 1. The first-order valence-electron chi connectivity index (χ1n) is 10.8. The largest absolute Gasteiger partial charge is 0.416 e. The average molecular weight is 447 g/mol. The molecule has 32 heavy (non-hydrogen) atoms. The first-order chi connectivity index (χ1) is 15.0. The third kappa shape index (κ3) is 5.64. The van der Waals surface area contributed by atoms with E-state index in [4.69, 9.17) is 0 Å². The normalized spacial score (nSPS) is 16.7. The van der Waals surface area contributed by atoms with E-state index in [0.29, 0.717) is 44.5 Å². The van der Waals surface area contributed by atoms with Gasteiger partial charge in [0.15, 0.2) is 11.6 Å². The minimum atomic E-state index is -4.48. The summed E-state index contributed by atoms with van der Waals surface area (Å²) >= 11 is 0. The van der Waals surface area contributed by atoms with Crippen molar-refractivity contribution in [3.05, 3.63) is 70.3 Å². The fraction of sp³-hybridized carbons (Fsp3) is 0.440. The van der Waals surface area contributed by atoms with Gasteiger partial charge in [0.05, 0.1) is 5.56 Å². The summed E-state index contributed by atoms with van der Waals surface area (Å²) in [7, 11) is 0. The summed E-state index contributed by atoms with van der Waals surface area (Å²) in [5.41, 5.74) is 0.437. The van der Waals surface area contributed by atoms with Crippen molar-refractivity contribution in [3.63, 3.8) is 0 Å². The molecule has 0 atom stereocenters. The molecular weight excluding hydrogens is 419 g/mol. The van der Waals surface area contributed by atoms with Gasteiger partial charge in [0, 0.05) is 30.6 Å². The van der Waals surface area contributed by atoms with Crippen molar-refractivity contribution in [2.75, 3.05) is 19.6 Å². The second-order valence-corrected chi connectivity index (χ2v) is 8.61. The molecule has 7 heteroatoms. The fourth-order valence-electron chi connectivity index (χ4n) is 4.00. The highest BCUT2D eigenvalue weighted by Crippen LogP contribution is 2.30. The zero-order valence-corrected chi connectivity index (χ0v) is 18.3. The SMILES string of the molecule is Cc1ccc(C(=O)C2(O)CCN(CCCC(=O)c3cccc(C(F)(F)F)c3)CC2)cc1C. The maximum absolute atomic E-state index is 12.9. The average Bonchev–Trinajstić information content (AvgIpc) is 2.76. The van der Waals surface area contributed by atoms with Crippen LogP contribution in [0.5, 0.6) is 0 Å². The van der Waals surface area contributed by atoms with Crippen LogP contribution < -0.4 is 0 Å². The van der Waals surface area contributed by atoms with Gasteiger partial charge in [0.1, 0.15) is 5.60 Å². The fourth-order valence-corrected chi connectivity index (χ4v) is 4.00. The maximum atomic E-state index is 12.9. The number of nitrogens with zero attached hydrogens (tertiary/aromatic N) is 1. The molecule has 0 bridgehead atoms. The quantitative estimate of drug-likeness (QED) is 0.608. The second-order valence-electron chi connectivity index (χ2n) is 8.61. The molecule has 1 saturated heterocycles. The molecule has 0 spiro atoms. The lowest BCUT2D eigenvalue weighted by Gasteiger charge is -2.37. The number of aryl methyl sites for hydroxylation is 2. The Labute approximate surface area is 186 Å². The van der Waals surface area contributed by atoms with E-state index in [0.717, 1.165) is 23.3 Å². The van der Waals surface area contributed by atoms with Crippen LogP contribution in [0.1, 0.15) is 63.1 Å². The van der Waals surface area contributed by atoms with Gasteiger partial charge in [0.25, 0.3) is 0 Å². The van der Waals surface area contributed by atoms with E-state index < -0.39 is 17.3 Å². The summed E-state index contributed by atoms with van der Waals surface area (Å²) in [5.74, 6) is -0.588. The van der Waals surface area contributed by atoms with Gasteiger partial charge >= 0.3 is 6.18 Å². The molecule has 1 fully saturated rings. The van der Waals surface area contributed by atoms with Crippen LogP contribution >= 0.6 is 0 Å². The van der Waals surface area contributed by atoms with Crippen molar-refractivity contribution >= 4 is 11.6 Å². The van der Waals surface area contributed by atoms with Gasteiger partial charge in [-0.3, -0.25) is 9.59 Å². The third-order valence-electron chi connectivity index (χ3n) is 6.27. The number of hydrogen-bond acceptors (Lipinski definition) is 4. The van der Waals surface area contributed by atoms with Crippen molar-refractivity contribution in [3.8, 4) is 0 Å². The van der Waals surface area contributed by atoms with Crippen LogP contribution in [0.15, 0.2) is 42.5 Å². The number of Topliss-reactive ketones (excluding diaryl/α,β-unsaturated/α-hetero) is 2. The van der Waals surface area contributed by atoms with Gasteiger partial charge in [-0.1, -0.05) is 24.3 Å². The van der Waals surface area contributed by atoms with Crippen LogP contribution in [0.4, 0.5) is 13.2 Å². The van der Waals surface area contributed by atoms with Gasteiger partial charge in [-0.15, -0.1) is 0 Å². The van der Waals surface area contributed by atoms with Crippen molar-refractivity contribution in [1.29, 1.82) is 0 Å². The van der Waals surface area contributed by atoms with E-state index in [9.17, 15) is 27.9 Å². The molecule has 1 N–H and O–H groups in total. The Kier molecular flexibility index (Phi) is 7.20. The topological polar surface area (TPSA) is 57.6 Å². The molecule has 0 aliphatic carbocycles. The molecule has 1 heterocycles. The lowest BCUT2D eigenvalue weighted by Crippen LogP contribution is -2.49. The van der Waals surface area contributed by atoms with Crippen molar-refractivity contribution in [1.82, 2.24) is 4.90 Å². The summed E-state index contributed by atoms with van der Waals surface area (Å²) in [4.78, 5) is 27.2. The number of ketones is 2. The van der Waals surface area contributed by atoms with E-state index >= 15 is 0 Å². The van der Waals surface area contributed by atoms with E-state index in [1.54, 1.807) is 12.1 Å². The van der Waals surface area contributed by atoms with Crippen LogP contribution in [0, 0.1) is 13.8 Å². The second kappa shape index (κ2) is 9.55. The van der Waals surface area contributed by atoms with Crippen LogP contribution in [0.2, 0.25) is 0 Å². The highest BCUT2D eigenvalue weighted by molar-refractivity contribution is 6.02. The third-order valence-corrected chi connectivity index (χ3v) is 6.27. The van der Waals surface area contributed by atoms with Gasteiger partial charge in [-0.25, -0.2) is 0 Å². The predicted molar refractivity (Wildman–Crippen MR) is 116 cm³/mol. The molecule has 0 saturated carbocycles. The number of piperidine rings is 1. The van der Waals surface area contributed by atoms with Gasteiger partial charge < -0.3 is 10.0 Å². The molecule has 3 rings (SSSR count). The Hall–Kier alpha value is -2.51. The monoisotopic (exact) mass is 447 g/mol. The molecule has 172 valence electrons. The molecule has 2 aromatic carbocycles. The molecule has 0 amide bonds. The van der Waals surface area contributed by atoms with E-state index in [-0.39, 0.29) is 23.6 Å². The Morgan fingerprint density at radius 1 is 1.00 bits per heavy atom. The number of alkyl halides is 3. The predicted octanol–water partition coefficient (Wildman–Crippen LogP) is 4.99. The number of carbonyl (C=O) groups excluding carboxylic acids is 2. The van der Waals surface area contributed by atoms with Crippen molar-refractivity contribution in [2.24, 2.45) is 0 Å². The summed E-state index contributed by atoms with van der Waals surface area (Å²) < 4.78 is 38.5. The molecule has 2 aromatic rings. The summed E-state index contributed by atoms with van der Waals surface area (Å²) in [6.45, 7) is 5.52. The molecule has 1 aliphatic rings. The van der Waals surface area contributed by atoms with Crippen molar-refractivity contribution in [2.45, 2.75) is 51.3 Å². The smallest absolute Gasteiger partial charge is 0.382 e. The van der Waals surface area contributed by atoms with Crippen molar-refractivity contribution < 1.29 is 27.9 Å². The van der Waals surface area contributed by atoms with Crippen LogP contribution in [0.25, 0.3) is 0 Å². The van der Waals surface area contributed by atoms with E-state index in [1.807, 2.05) is 19.9 Å². The van der Waals surface area contributed by atoms with Crippen LogP contribution in [0.3, 0.4) is 0 Å². The summed E-state index contributed by atoms with van der Waals surface area (Å²) in [6.07, 6.45) is -3.22. The Balaban J connectivity index is 1.49. The summed E-state index contributed by atoms with van der Waals surface area (Å²) in [6, 6.07) is 9.91. The van der Waals surface area contributed by atoms with Gasteiger partial charge in [0.2, 0.25) is 0 Å². The number of aliphatic hydroxyl groups is 1. The molecule has 1 aliphatic heterocycles. The molecule has 4 nitrogen and oxygen atoms in total. The number of hydrogen-bond donors (Lipinski definition) is 1. The molecule has 0 radical (unpaired) electrons. The number of rotatable bonds is 7. The minimum absolute atomic E-state index is 0.0619. The van der Waals surface area contributed by atoms with E-state index in [2.05, 4.69) is 4.90 Å². The minimum Gasteiger partial charge on any atom is -0.382 e. The maximum Gasteiger partial charge on any atom is 0.416 e. The van der Waals surface area contributed by atoms with E-state index in [1.165, 1.54) is 12.1 Å². The molecular formula is C25H28F3NO3. The lowest BCUT2D eigenvalue weighted by atomic mass is 9.83. The lowest BCUT2D eigenvalue weighted by molar-refractivity contribution is -0.137. The zero-order valence-electron chi connectivity index (χ0n) is 18.3. The first-order valence-corrected chi connectivity index (χ1v) is 10.8. The Bertz CT molecular complexity index is 992. The number of halogens is 3. The van der Waals surface area contributed by atoms with Gasteiger partial charge in [-0.2, -0.15) is 13.2 Å². The number of carbonyl (C=O) groups is 2. The van der Waals surface area contributed by atoms with Crippen LogP contribution in [-0.4, -0.2) is 46.8 Å². The summed E-state index contributed by atoms with van der Waals surface area (Å²) in [5, 5.41) is 10.9. The van der Waals surface area contributed by atoms with Crippen LogP contribution in [-0.2, 0) is 6.18 Å².